The summed E-state index contributed by atoms with van der Waals surface area (Å²) in [6, 6.07) is -0.707. The molecule has 62 heavy (non-hydrogen) atoms. The Balaban J connectivity index is 4.54. The summed E-state index contributed by atoms with van der Waals surface area (Å²) < 4.78 is 5.93. The summed E-state index contributed by atoms with van der Waals surface area (Å²) in [7, 11) is 0. The first kappa shape index (κ1) is 59.8. The number of allylic oxidation sites excluding steroid dienone is 8. The quantitative estimate of drug-likeness (QED) is 0.0322. The van der Waals surface area contributed by atoms with Crippen molar-refractivity contribution in [2.24, 2.45) is 0 Å². The third kappa shape index (κ3) is 44.4. The molecule has 362 valence electrons. The van der Waals surface area contributed by atoms with Crippen LogP contribution in [-0.2, 0) is 14.3 Å². The van der Waals surface area contributed by atoms with Crippen LogP contribution in [0.25, 0.3) is 0 Å². The lowest BCUT2D eigenvalue weighted by Crippen LogP contribution is -2.46. The molecular formula is C56H103NO5. The van der Waals surface area contributed by atoms with E-state index in [0.29, 0.717) is 19.3 Å². The highest BCUT2D eigenvalue weighted by Gasteiger charge is 2.24. The summed E-state index contributed by atoms with van der Waals surface area (Å²) >= 11 is 0. The third-order valence-electron chi connectivity index (χ3n) is 12.1. The van der Waals surface area contributed by atoms with Gasteiger partial charge < -0.3 is 20.3 Å². The average Bonchev–Trinajstić information content (AvgIpc) is 3.26. The molecule has 3 atom stereocenters. The predicted molar refractivity (Wildman–Crippen MR) is 269 cm³/mol. The molecule has 0 aromatic rings. The van der Waals surface area contributed by atoms with Crippen molar-refractivity contribution in [3.63, 3.8) is 0 Å². The van der Waals surface area contributed by atoms with Gasteiger partial charge in [0.2, 0.25) is 5.91 Å². The Hall–Kier alpha value is -2.18. The maximum absolute atomic E-state index is 13.2. The maximum atomic E-state index is 13.2. The normalized spacial score (nSPS) is 13.6. The number of nitrogens with one attached hydrogen (secondary N) is 1. The van der Waals surface area contributed by atoms with E-state index in [-0.39, 0.29) is 24.9 Å². The molecule has 6 nitrogen and oxygen atoms in total. The van der Waals surface area contributed by atoms with E-state index in [9.17, 15) is 19.8 Å². The lowest BCUT2D eigenvalue weighted by molar-refractivity contribution is -0.151. The number of carbonyl (C=O) groups excluding carboxylic acids is 2. The number of rotatable bonds is 48. The highest BCUT2D eigenvalue weighted by molar-refractivity contribution is 5.77. The molecule has 0 saturated carbocycles. The highest BCUT2D eigenvalue weighted by atomic mass is 16.5. The van der Waals surface area contributed by atoms with Crippen LogP contribution < -0.4 is 5.32 Å². The second-order valence-electron chi connectivity index (χ2n) is 18.2. The topological polar surface area (TPSA) is 95.9 Å². The van der Waals surface area contributed by atoms with E-state index in [1.165, 1.54) is 135 Å². The number of esters is 1. The molecule has 3 unspecified atom stereocenters. The van der Waals surface area contributed by atoms with E-state index in [0.717, 1.165) is 89.9 Å². The monoisotopic (exact) mass is 870 g/mol. The summed E-state index contributed by atoms with van der Waals surface area (Å²) in [4.78, 5) is 26.2. The van der Waals surface area contributed by atoms with Gasteiger partial charge in [-0.3, -0.25) is 9.59 Å². The first-order valence-electron chi connectivity index (χ1n) is 26.9. The first-order chi connectivity index (χ1) is 30.5. The van der Waals surface area contributed by atoms with E-state index >= 15 is 0 Å². The number of unbranched alkanes of at least 4 members (excludes halogenated alkanes) is 28. The maximum Gasteiger partial charge on any atom is 0.306 e. The van der Waals surface area contributed by atoms with Gasteiger partial charge in [-0.15, -0.1) is 0 Å². The van der Waals surface area contributed by atoms with E-state index in [4.69, 9.17) is 4.74 Å². The van der Waals surface area contributed by atoms with Crippen LogP contribution in [0.2, 0.25) is 0 Å². The standard InChI is InChI=1S/C56H103NO5/c1-4-7-10-13-16-19-22-25-27-28-29-31-34-37-40-43-46-49-56(61)62-52(47-44-41-38-35-32-24-21-18-15-12-9-6-3)50-55(60)57-53(51-58)54(59)48-45-42-39-36-33-30-26-23-20-17-14-11-8-5-2/h9,12,16,18-19,21,25,27,52-54,58-59H,4-8,10-11,13-15,17,20,22-24,26,28-51H2,1-3H3,(H,57,60)/b12-9+,19-16-,21-18+,27-25-. The number of amides is 1. The molecule has 0 aromatic heterocycles. The Bertz CT molecular complexity index is 1070. The van der Waals surface area contributed by atoms with Gasteiger partial charge in [-0.25, -0.2) is 0 Å². The van der Waals surface area contributed by atoms with Gasteiger partial charge in [0.05, 0.1) is 25.2 Å². The molecule has 0 rings (SSSR count). The van der Waals surface area contributed by atoms with Gasteiger partial charge in [0, 0.05) is 6.42 Å². The van der Waals surface area contributed by atoms with Crippen LogP contribution in [0.5, 0.6) is 0 Å². The molecule has 0 radical (unpaired) electrons. The third-order valence-corrected chi connectivity index (χ3v) is 12.1. The Kier molecular flexibility index (Phi) is 48.1. The molecule has 3 N–H and O–H groups in total. The van der Waals surface area contributed by atoms with Gasteiger partial charge in [0.15, 0.2) is 0 Å². The molecule has 0 spiro atoms. The predicted octanol–water partition coefficient (Wildman–Crippen LogP) is 16.2. The minimum atomic E-state index is -0.792. The summed E-state index contributed by atoms with van der Waals surface area (Å²) in [5.41, 5.74) is 0. The zero-order valence-electron chi connectivity index (χ0n) is 41.3. The van der Waals surface area contributed by atoms with Crippen LogP contribution in [0.15, 0.2) is 48.6 Å². The van der Waals surface area contributed by atoms with Crippen molar-refractivity contribution >= 4 is 11.9 Å². The number of hydrogen-bond donors (Lipinski definition) is 3. The van der Waals surface area contributed by atoms with E-state index in [2.05, 4.69) is 74.7 Å². The van der Waals surface area contributed by atoms with Gasteiger partial charge in [0.25, 0.3) is 0 Å². The fraction of sp³-hybridized carbons (Fsp3) is 0.821. The number of aliphatic hydroxyl groups is 2. The van der Waals surface area contributed by atoms with Crippen LogP contribution in [0, 0.1) is 0 Å². The second-order valence-corrected chi connectivity index (χ2v) is 18.2. The summed E-state index contributed by atoms with van der Waals surface area (Å²) in [6.07, 6.45) is 60.3. The van der Waals surface area contributed by atoms with Crippen LogP contribution in [0.3, 0.4) is 0 Å². The van der Waals surface area contributed by atoms with Gasteiger partial charge in [-0.1, -0.05) is 223 Å². The van der Waals surface area contributed by atoms with Crippen LogP contribution in [0.4, 0.5) is 0 Å². The van der Waals surface area contributed by atoms with Crippen molar-refractivity contribution in [3.8, 4) is 0 Å². The summed E-state index contributed by atoms with van der Waals surface area (Å²) in [5.74, 6) is -0.491. The molecule has 0 aliphatic carbocycles. The largest absolute Gasteiger partial charge is 0.462 e. The van der Waals surface area contributed by atoms with Crippen LogP contribution in [-0.4, -0.2) is 46.9 Å². The van der Waals surface area contributed by atoms with Crippen molar-refractivity contribution in [2.75, 3.05) is 6.61 Å². The summed E-state index contributed by atoms with van der Waals surface area (Å²) in [6.45, 7) is 6.36. The van der Waals surface area contributed by atoms with E-state index in [1.807, 2.05) is 0 Å². The van der Waals surface area contributed by atoms with Gasteiger partial charge in [-0.2, -0.15) is 0 Å². The molecule has 0 bridgehead atoms. The first-order valence-corrected chi connectivity index (χ1v) is 26.9. The van der Waals surface area contributed by atoms with E-state index < -0.39 is 18.2 Å². The SMILES string of the molecule is CC/C=C/C/C=C/CCCCCCCC(CC(=O)NC(CO)C(O)CCCCCCCCCCCCCCCC)OC(=O)CCCCCCCCC/C=C\C/C=C\CCCCC. The van der Waals surface area contributed by atoms with Crippen LogP contribution in [0.1, 0.15) is 271 Å². The van der Waals surface area contributed by atoms with Crippen molar-refractivity contribution in [3.05, 3.63) is 48.6 Å². The lowest BCUT2D eigenvalue weighted by atomic mass is 10.0. The lowest BCUT2D eigenvalue weighted by Gasteiger charge is -2.24. The molecule has 0 aromatic carbocycles. The number of carbonyl (C=O) groups is 2. The van der Waals surface area contributed by atoms with Crippen molar-refractivity contribution in [2.45, 2.75) is 289 Å². The fourth-order valence-electron chi connectivity index (χ4n) is 8.09. The molecule has 0 aliphatic rings. The number of hydrogen-bond acceptors (Lipinski definition) is 5. The molecule has 0 fully saturated rings. The minimum absolute atomic E-state index is 0.0655. The minimum Gasteiger partial charge on any atom is -0.462 e. The van der Waals surface area contributed by atoms with Crippen molar-refractivity contribution < 1.29 is 24.5 Å². The molecule has 1 amide bonds. The van der Waals surface area contributed by atoms with Crippen LogP contribution >= 0.6 is 0 Å². The fourth-order valence-corrected chi connectivity index (χ4v) is 8.09. The smallest absolute Gasteiger partial charge is 0.306 e. The van der Waals surface area contributed by atoms with Gasteiger partial charge >= 0.3 is 5.97 Å². The Morgan fingerprint density at radius 3 is 1.34 bits per heavy atom. The molecule has 0 heterocycles. The Labute approximate surface area is 385 Å². The average molecular weight is 870 g/mol. The zero-order valence-corrected chi connectivity index (χ0v) is 41.3. The molecule has 6 heteroatoms. The molecule has 0 aliphatic heterocycles. The Morgan fingerprint density at radius 2 is 0.871 bits per heavy atom. The second kappa shape index (κ2) is 49.8. The Morgan fingerprint density at radius 1 is 0.484 bits per heavy atom. The molecular weight excluding hydrogens is 767 g/mol. The number of aliphatic hydroxyl groups excluding tert-OH is 2. The van der Waals surface area contributed by atoms with Gasteiger partial charge in [-0.05, 0) is 83.5 Å². The zero-order chi connectivity index (χ0) is 45.2. The van der Waals surface area contributed by atoms with E-state index in [1.54, 1.807) is 0 Å². The molecule has 0 saturated heterocycles. The van der Waals surface area contributed by atoms with Crippen molar-refractivity contribution in [1.82, 2.24) is 5.32 Å². The van der Waals surface area contributed by atoms with Crippen molar-refractivity contribution in [1.29, 1.82) is 0 Å². The number of ether oxygens (including phenoxy) is 1. The summed E-state index contributed by atoms with van der Waals surface area (Å²) in [5, 5.41) is 23.8. The van der Waals surface area contributed by atoms with Gasteiger partial charge in [0.1, 0.15) is 6.10 Å². The highest BCUT2D eigenvalue weighted by Crippen LogP contribution is 2.18.